The number of hydrogen-bond donors (Lipinski definition) is 3. The molecule has 11 heteroatoms. The summed E-state index contributed by atoms with van der Waals surface area (Å²) in [6, 6.07) is 3.39. The Balaban J connectivity index is 1.93. The Morgan fingerprint density at radius 1 is 1.30 bits per heavy atom. The molecule has 0 unspecified atom stereocenters. The number of anilines is 1. The van der Waals surface area contributed by atoms with Gasteiger partial charge in [-0.15, -0.1) is 0 Å². The highest BCUT2D eigenvalue weighted by molar-refractivity contribution is 6.07. The van der Waals surface area contributed by atoms with E-state index in [9.17, 15) is 22.4 Å². The van der Waals surface area contributed by atoms with Crippen LogP contribution in [0, 0.1) is 12.7 Å². The lowest BCUT2D eigenvalue weighted by atomic mass is 10.1. The highest BCUT2D eigenvalue weighted by Gasteiger charge is 2.36. The van der Waals surface area contributed by atoms with Crippen molar-refractivity contribution in [2.45, 2.75) is 13.1 Å². The average molecular weight is 383 g/mol. The van der Waals surface area contributed by atoms with Crippen molar-refractivity contribution in [3.05, 3.63) is 47.2 Å². The second-order valence-electron chi connectivity index (χ2n) is 5.50. The number of carbonyl (C=O) groups is 1. The molecule has 0 aliphatic rings. The maximum Gasteiger partial charge on any atom is 0.435 e. The molecule has 0 saturated heterocycles. The molecule has 0 aliphatic heterocycles. The summed E-state index contributed by atoms with van der Waals surface area (Å²) in [6.45, 7) is 1.22. The number of ether oxygens (including phenoxy) is 1. The normalized spacial score (nSPS) is 11.5. The Labute approximate surface area is 149 Å². The van der Waals surface area contributed by atoms with E-state index >= 15 is 0 Å². The molecule has 3 rings (SSSR count). The number of nitrogens with one attached hydrogen (secondary N) is 3. The molecule has 0 saturated carbocycles. The third-order valence-electron chi connectivity index (χ3n) is 3.67. The number of nitrogens with zero attached hydrogens (tertiary/aromatic N) is 2. The molecule has 0 aliphatic carbocycles. The number of H-pyrrole nitrogens is 2. The summed E-state index contributed by atoms with van der Waals surface area (Å²) in [4.78, 5) is 18.5. The van der Waals surface area contributed by atoms with Gasteiger partial charge in [-0.25, -0.2) is 9.37 Å². The van der Waals surface area contributed by atoms with Crippen LogP contribution in [0.5, 0.6) is 5.75 Å². The van der Waals surface area contributed by atoms with Gasteiger partial charge in [0.25, 0.3) is 5.91 Å². The van der Waals surface area contributed by atoms with Gasteiger partial charge in [-0.05, 0) is 25.1 Å². The zero-order chi connectivity index (χ0) is 19.8. The first-order chi connectivity index (χ1) is 12.7. The van der Waals surface area contributed by atoms with E-state index in [2.05, 4.69) is 25.5 Å². The lowest BCUT2D eigenvalue weighted by molar-refractivity contribution is -0.141. The number of aryl methyl sites for hydroxylation is 1. The molecule has 1 amide bonds. The number of amides is 1. The molecular weight excluding hydrogens is 370 g/mol. The Bertz CT molecular complexity index is 993. The third-order valence-corrected chi connectivity index (χ3v) is 3.67. The molecule has 3 aromatic rings. The minimum atomic E-state index is -4.63. The van der Waals surface area contributed by atoms with Crippen molar-refractivity contribution in [1.29, 1.82) is 0 Å². The minimum Gasteiger partial charge on any atom is -0.496 e. The van der Waals surface area contributed by atoms with Crippen LogP contribution < -0.4 is 10.1 Å². The van der Waals surface area contributed by atoms with E-state index in [0.717, 1.165) is 12.1 Å². The van der Waals surface area contributed by atoms with Crippen molar-refractivity contribution in [2.75, 3.05) is 12.4 Å². The third kappa shape index (κ3) is 3.61. The summed E-state index contributed by atoms with van der Waals surface area (Å²) in [5.74, 6) is -1.42. The quantitative estimate of drug-likeness (QED) is 0.601. The highest BCUT2D eigenvalue weighted by atomic mass is 19.4. The van der Waals surface area contributed by atoms with Gasteiger partial charge in [-0.3, -0.25) is 9.89 Å². The first-order valence-electron chi connectivity index (χ1n) is 7.53. The number of aromatic nitrogens is 4. The van der Waals surface area contributed by atoms with Gasteiger partial charge in [0.15, 0.2) is 17.2 Å². The van der Waals surface area contributed by atoms with Crippen LogP contribution in [0.1, 0.15) is 21.7 Å². The predicted octanol–water partition coefficient (Wildman–Crippen LogP) is 3.53. The highest BCUT2D eigenvalue weighted by Crippen LogP contribution is 2.33. The summed E-state index contributed by atoms with van der Waals surface area (Å²) in [7, 11) is 1.32. The largest absolute Gasteiger partial charge is 0.496 e. The van der Waals surface area contributed by atoms with Crippen molar-refractivity contribution in [2.24, 2.45) is 0 Å². The lowest BCUT2D eigenvalue weighted by Gasteiger charge is -2.09. The van der Waals surface area contributed by atoms with Gasteiger partial charge in [0, 0.05) is 11.9 Å². The van der Waals surface area contributed by atoms with Crippen LogP contribution in [0.3, 0.4) is 0 Å². The zero-order valence-corrected chi connectivity index (χ0v) is 14.0. The van der Waals surface area contributed by atoms with E-state index in [4.69, 9.17) is 4.74 Å². The molecule has 0 atom stereocenters. The number of halogens is 4. The molecular formula is C16H13F4N5O2. The van der Waals surface area contributed by atoms with Gasteiger partial charge in [-0.1, -0.05) is 0 Å². The van der Waals surface area contributed by atoms with E-state index in [1.165, 1.54) is 26.3 Å². The standard InChI is InChI=1S/C16H13F4N5O2/c1-7-13(16(18,19)20)24-14(22-7)12-10(6-21-25-12)23-15(26)9-5-8(17)3-4-11(9)27-2/h3-6H,1-2H3,(H,21,25)(H,22,24)(H,23,26). The van der Waals surface area contributed by atoms with Crippen LogP contribution in [0.4, 0.5) is 23.2 Å². The molecule has 2 heterocycles. The molecule has 0 spiro atoms. The minimum absolute atomic E-state index is 0.0303. The average Bonchev–Trinajstić information content (AvgIpc) is 3.20. The molecule has 0 bridgehead atoms. The number of benzene rings is 1. The van der Waals surface area contributed by atoms with Crippen LogP contribution in [0.25, 0.3) is 11.5 Å². The fraction of sp³-hybridized carbons (Fsp3) is 0.188. The van der Waals surface area contributed by atoms with Crippen LogP contribution >= 0.6 is 0 Å². The van der Waals surface area contributed by atoms with E-state index in [1.54, 1.807) is 0 Å². The molecule has 0 radical (unpaired) electrons. The molecule has 2 aromatic heterocycles. The maximum absolute atomic E-state index is 13.5. The zero-order valence-electron chi connectivity index (χ0n) is 14.0. The van der Waals surface area contributed by atoms with E-state index < -0.39 is 23.6 Å². The van der Waals surface area contributed by atoms with Crippen molar-refractivity contribution in [1.82, 2.24) is 20.2 Å². The first kappa shape index (κ1) is 18.4. The van der Waals surface area contributed by atoms with Crippen LogP contribution in [0.2, 0.25) is 0 Å². The second kappa shape index (κ2) is 6.74. The molecule has 1 aromatic carbocycles. The smallest absolute Gasteiger partial charge is 0.435 e. The monoisotopic (exact) mass is 383 g/mol. The number of aromatic amines is 2. The lowest BCUT2D eigenvalue weighted by Crippen LogP contribution is -2.14. The van der Waals surface area contributed by atoms with Gasteiger partial charge in [0.1, 0.15) is 11.6 Å². The van der Waals surface area contributed by atoms with Gasteiger partial charge in [0.2, 0.25) is 0 Å². The number of imidazole rings is 1. The van der Waals surface area contributed by atoms with Gasteiger partial charge < -0.3 is 15.0 Å². The number of hydrogen-bond acceptors (Lipinski definition) is 4. The topological polar surface area (TPSA) is 95.7 Å². The maximum atomic E-state index is 13.5. The van der Waals surface area contributed by atoms with Crippen molar-refractivity contribution in [3.63, 3.8) is 0 Å². The second-order valence-corrected chi connectivity index (χ2v) is 5.50. The van der Waals surface area contributed by atoms with Crippen LogP contribution in [-0.2, 0) is 6.18 Å². The number of carbonyl (C=O) groups excluding carboxylic acids is 1. The molecule has 27 heavy (non-hydrogen) atoms. The summed E-state index contributed by atoms with van der Waals surface area (Å²) < 4.78 is 57.2. The fourth-order valence-electron chi connectivity index (χ4n) is 2.46. The van der Waals surface area contributed by atoms with Crippen LogP contribution in [-0.4, -0.2) is 33.2 Å². The van der Waals surface area contributed by atoms with Crippen molar-refractivity contribution >= 4 is 11.6 Å². The fourth-order valence-corrected chi connectivity index (χ4v) is 2.46. The summed E-state index contributed by atoms with van der Waals surface area (Å²) in [6.07, 6.45) is -3.36. The van der Waals surface area contributed by atoms with Gasteiger partial charge in [0.05, 0.1) is 18.4 Å². The molecule has 0 fully saturated rings. The Morgan fingerprint density at radius 3 is 2.67 bits per heavy atom. The first-order valence-corrected chi connectivity index (χ1v) is 7.53. The number of alkyl halides is 3. The molecule has 7 nitrogen and oxygen atoms in total. The van der Waals surface area contributed by atoms with Crippen molar-refractivity contribution < 1.29 is 27.1 Å². The van der Waals surface area contributed by atoms with Gasteiger partial charge in [-0.2, -0.15) is 18.3 Å². The summed E-state index contributed by atoms with van der Waals surface area (Å²) >= 11 is 0. The predicted molar refractivity (Wildman–Crippen MR) is 86.8 cm³/mol. The SMILES string of the molecule is COc1ccc(F)cc1C(=O)Nc1c[nH]nc1-c1nc(C(F)(F)F)c(C)[nH]1. The Morgan fingerprint density at radius 2 is 2.04 bits per heavy atom. The molecule has 3 N–H and O–H groups in total. The van der Waals surface area contributed by atoms with E-state index in [-0.39, 0.29) is 34.2 Å². The number of methoxy groups -OCH3 is 1. The number of rotatable bonds is 4. The van der Waals surface area contributed by atoms with Gasteiger partial charge >= 0.3 is 6.18 Å². The summed E-state index contributed by atoms with van der Waals surface area (Å²) in [5, 5.41) is 8.73. The van der Waals surface area contributed by atoms with Crippen molar-refractivity contribution in [3.8, 4) is 17.3 Å². The Kier molecular flexibility index (Phi) is 4.60. The summed E-state index contributed by atoms with van der Waals surface area (Å²) in [5.41, 5.74) is -1.32. The molecule has 142 valence electrons. The van der Waals surface area contributed by atoms with Crippen LogP contribution in [0.15, 0.2) is 24.4 Å². The van der Waals surface area contributed by atoms with E-state index in [1.807, 2.05) is 0 Å². The van der Waals surface area contributed by atoms with E-state index in [0.29, 0.717) is 0 Å². The Hall–Kier alpha value is -3.37.